The van der Waals surface area contributed by atoms with Crippen molar-refractivity contribution in [1.82, 2.24) is 15.1 Å². The van der Waals surface area contributed by atoms with Gasteiger partial charge in [-0.25, -0.2) is 0 Å². The Morgan fingerprint density at radius 3 is 2.43 bits per heavy atom. The monoisotopic (exact) mass is 325 g/mol. The topological polar surface area (TPSA) is 55.8 Å². The van der Waals surface area contributed by atoms with Crippen LogP contribution in [0.25, 0.3) is 0 Å². The van der Waals surface area contributed by atoms with Crippen LogP contribution < -0.4 is 5.32 Å². The first-order chi connectivity index (χ1) is 10.9. The van der Waals surface area contributed by atoms with Crippen LogP contribution in [0.5, 0.6) is 0 Å². The van der Waals surface area contributed by atoms with Gasteiger partial charge >= 0.3 is 0 Å². The van der Waals surface area contributed by atoms with Crippen LogP contribution in [0.15, 0.2) is 0 Å². The largest absolute Gasteiger partial charge is 0.390 e. The van der Waals surface area contributed by atoms with Crippen molar-refractivity contribution in [3.8, 4) is 0 Å². The molecule has 23 heavy (non-hydrogen) atoms. The fourth-order valence-electron chi connectivity index (χ4n) is 3.70. The molecular formula is C18H35N3O2. The molecule has 0 bridgehead atoms. The maximum Gasteiger partial charge on any atom is 0.224 e. The highest BCUT2D eigenvalue weighted by Crippen LogP contribution is 2.18. The molecule has 0 saturated carbocycles. The number of piperidine rings is 1. The van der Waals surface area contributed by atoms with Crippen LogP contribution in [-0.2, 0) is 4.79 Å². The van der Waals surface area contributed by atoms with Crippen molar-refractivity contribution < 1.29 is 9.90 Å². The van der Waals surface area contributed by atoms with Crippen molar-refractivity contribution in [1.29, 1.82) is 0 Å². The molecule has 0 spiro atoms. The third kappa shape index (κ3) is 6.40. The van der Waals surface area contributed by atoms with E-state index in [1.807, 2.05) is 0 Å². The van der Waals surface area contributed by atoms with Crippen molar-refractivity contribution in [3.63, 3.8) is 0 Å². The third-order valence-corrected chi connectivity index (χ3v) is 5.12. The number of likely N-dealkylation sites (tertiary alicyclic amines) is 2. The minimum atomic E-state index is -0.458. The number of amides is 1. The van der Waals surface area contributed by atoms with E-state index in [0.29, 0.717) is 19.0 Å². The van der Waals surface area contributed by atoms with Gasteiger partial charge in [-0.05, 0) is 50.7 Å². The average Bonchev–Trinajstić information content (AvgIpc) is 2.95. The first kappa shape index (κ1) is 18.7. The van der Waals surface area contributed by atoms with Crippen molar-refractivity contribution in [2.24, 2.45) is 17.8 Å². The van der Waals surface area contributed by atoms with Gasteiger partial charge in [0.1, 0.15) is 0 Å². The van der Waals surface area contributed by atoms with E-state index in [-0.39, 0.29) is 11.8 Å². The summed E-state index contributed by atoms with van der Waals surface area (Å²) in [6.45, 7) is 12.9. The molecule has 2 aliphatic heterocycles. The lowest BCUT2D eigenvalue weighted by molar-refractivity contribution is -0.125. The zero-order chi connectivity index (χ0) is 16.8. The van der Waals surface area contributed by atoms with Crippen molar-refractivity contribution >= 4 is 5.91 Å². The highest BCUT2D eigenvalue weighted by molar-refractivity contribution is 5.79. The van der Waals surface area contributed by atoms with Gasteiger partial charge in [-0.3, -0.25) is 4.79 Å². The Hall–Kier alpha value is -0.650. The molecule has 1 amide bonds. The summed E-state index contributed by atoms with van der Waals surface area (Å²) in [6, 6.07) is 0. The number of aliphatic hydroxyl groups is 1. The molecule has 0 aromatic rings. The molecule has 2 rings (SSSR count). The van der Waals surface area contributed by atoms with Crippen LogP contribution in [-0.4, -0.2) is 72.7 Å². The first-order valence-electron chi connectivity index (χ1n) is 9.34. The number of β-amino-alcohol motifs (C(OH)–C–C–N with tert-alkyl or cyclic N) is 1. The summed E-state index contributed by atoms with van der Waals surface area (Å²) in [6.07, 6.45) is 2.92. The van der Waals surface area contributed by atoms with Crippen LogP contribution in [0.3, 0.4) is 0 Å². The molecule has 2 aliphatic rings. The highest BCUT2D eigenvalue weighted by atomic mass is 16.3. The smallest absolute Gasteiger partial charge is 0.224 e. The van der Waals surface area contributed by atoms with Gasteiger partial charge in [0.2, 0.25) is 5.91 Å². The molecule has 2 N–H and O–H groups in total. The number of carbonyl (C=O) groups excluding carboxylic acids is 1. The second-order valence-electron chi connectivity index (χ2n) is 8.02. The normalized spacial score (nSPS) is 25.9. The Kier molecular flexibility index (Phi) is 7.31. The van der Waals surface area contributed by atoms with Gasteiger partial charge in [0, 0.05) is 26.2 Å². The Morgan fingerprint density at radius 2 is 1.78 bits per heavy atom. The third-order valence-electron chi connectivity index (χ3n) is 5.12. The molecule has 0 aliphatic carbocycles. The Bertz CT molecular complexity index is 367. The standard InChI is InChI=1S/C18H35N3O2/c1-14(2)11-21-9-6-16(12-21)18(23)19-10-17(22)13-20-7-4-15(3)5-8-20/h14-17,22H,4-13H2,1-3H3,(H,19,23). The zero-order valence-electron chi connectivity index (χ0n) is 15.1. The zero-order valence-corrected chi connectivity index (χ0v) is 15.1. The van der Waals surface area contributed by atoms with E-state index in [0.717, 1.165) is 45.1 Å². The van der Waals surface area contributed by atoms with E-state index in [9.17, 15) is 9.90 Å². The van der Waals surface area contributed by atoms with Crippen LogP contribution in [0.1, 0.15) is 40.0 Å². The minimum Gasteiger partial charge on any atom is -0.390 e. The summed E-state index contributed by atoms with van der Waals surface area (Å²) < 4.78 is 0. The SMILES string of the molecule is CC(C)CN1CCC(C(=O)NCC(O)CN2CCC(C)CC2)C1. The molecule has 2 fully saturated rings. The van der Waals surface area contributed by atoms with Gasteiger partial charge in [0.25, 0.3) is 0 Å². The number of aliphatic hydroxyl groups excluding tert-OH is 1. The minimum absolute atomic E-state index is 0.0942. The van der Waals surface area contributed by atoms with E-state index in [4.69, 9.17) is 0 Å². The number of nitrogens with one attached hydrogen (secondary N) is 1. The molecule has 0 radical (unpaired) electrons. The highest BCUT2D eigenvalue weighted by Gasteiger charge is 2.28. The second kappa shape index (κ2) is 9.00. The number of nitrogens with zero attached hydrogens (tertiary/aromatic N) is 2. The average molecular weight is 325 g/mol. The Labute approximate surface area is 141 Å². The summed E-state index contributed by atoms with van der Waals surface area (Å²) >= 11 is 0. The lowest BCUT2D eigenvalue weighted by atomic mass is 9.99. The molecule has 2 saturated heterocycles. The quantitative estimate of drug-likeness (QED) is 0.738. The number of hydrogen-bond acceptors (Lipinski definition) is 4. The molecule has 134 valence electrons. The molecule has 5 nitrogen and oxygen atoms in total. The Morgan fingerprint density at radius 1 is 1.13 bits per heavy atom. The van der Waals surface area contributed by atoms with E-state index < -0.39 is 6.10 Å². The Balaban J connectivity index is 1.62. The second-order valence-corrected chi connectivity index (χ2v) is 8.02. The number of hydrogen-bond donors (Lipinski definition) is 2. The molecule has 2 atom stereocenters. The number of rotatable bonds is 7. The summed E-state index contributed by atoms with van der Waals surface area (Å²) in [4.78, 5) is 16.9. The lowest BCUT2D eigenvalue weighted by Crippen LogP contribution is -2.44. The van der Waals surface area contributed by atoms with Gasteiger partial charge in [-0.15, -0.1) is 0 Å². The summed E-state index contributed by atoms with van der Waals surface area (Å²) in [5.41, 5.74) is 0. The van der Waals surface area contributed by atoms with E-state index >= 15 is 0 Å². The van der Waals surface area contributed by atoms with Crippen LogP contribution in [0.2, 0.25) is 0 Å². The molecule has 0 aromatic carbocycles. The molecule has 2 unspecified atom stereocenters. The van der Waals surface area contributed by atoms with Gasteiger partial charge in [-0.2, -0.15) is 0 Å². The maximum atomic E-state index is 12.3. The van der Waals surface area contributed by atoms with Crippen molar-refractivity contribution in [3.05, 3.63) is 0 Å². The van der Waals surface area contributed by atoms with Crippen molar-refractivity contribution in [2.45, 2.75) is 46.1 Å². The fourth-order valence-corrected chi connectivity index (χ4v) is 3.70. The van der Waals surface area contributed by atoms with Crippen LogP contribution >= 0.6 is 0 Å². The first-order valence-corrected chi connectivity index (χ1v) is 9.34. The lowest BCUT2D eigenvalue weighted by Gasteiger charge is -2.31. The molecule has 5 heteroatoms. The predicted octanol–water partition coefficient (Wildman–Crippen LogP) is 1.17. The van der Waals surface area contributed by atoms with Gasteiger partial charge in [-0.1, -0.05) is 20.8 Å². The summed E-state index contributed by atoms with van der Waals surface area (Å²) in [7, 11) is 0. The van der Waals surface area contributed by atoms with E-state index in [2.05, 4.69) is 35.9 Å². The summed E-state index contributed by atoms with van der Waals surface area (Å²) in [5, 5.41) is 13.1. The molecule has 0 aromatic heterocycles. The summed E-state index contributed by atoms with van der Waals surface area (Å²) in [5.74, 6) is 1.66. The predicted molar refractivity (Wildman–Crippen MR) is 93.2 cm³/mol. The fraction of sp³-hybridized carbons (Fsp3) is 0.944. The van der Waals surface area contributed by atoms with Crippen LogP contribution in [0, 0.1) is 17.8 Å². The van der Waals surface area contributed by atoms with Gasteiger partial charge < -0.3 is 20.2 Å². The maximum absolute atomic E-state index is 12.3. The molecule has 2 heterocycles. The van der Waals surface area contributed by atoms with Gasteiger partial charge in [0.15, 0.2) is 0 Å². The van der Waals surface area contributed by atoms with Crippen molar-refractivity contribution in [2.75, 3.05) is 45.8 Å². The van der Waals surface area contributed by atoms with E-state index in [1.165, 1.54) is 12.8 Å². The van der Waals surface area contributed by atoms with E-state index in [1.54, 1.807) is 0 Å². The van der Waals surface area contributed by atoms with Gasteiger partial charge in [0.05, 0.1) is 12.0 Å². The van der Waals surface area contributed by atoms with Crippen LogP contribution in [0.4, 0.5) is 0 Å². The molecular weight excluding hydrogens is 290 g/mol. The number of carbonyl (C=O) groups is 1.